The first-order valence-electron chi connectivity index (χ1n) is 11.5. The lowest BCUT2D eigenvalue weighted by Crippen LogP contribution is -2.42. The molecule has 172 valence electrons. The smallest absolute Gasteiger partial charge is 0.251 e. The zero-order valence-electron chi connectivity index (χ0n) is 18.2. The highest BCUT2D eigenvalue weighted by molar-refractivity contribution is 9.12. The van der Waals surface area contributed by atoms with Crippen molar-refractivity contribution in [3.63, 3.8) is 0 Å². The Kier molecular flexibility index (Phi) is 5.37. The molecule has 3 aliphatic rings. The van der Waals surface area contributed by atoms with Gasteiger partial charge in [-0.15, -0.1) is 0 Å². The summed E-state index contributed by atoms with van der Waals surface area (Å²) in [4.78, 5) is 43.6. The molecular formula is C27H22Br2N2O3. The predicted molar refractivity (Wildman–Crippen MR) is 138 cm³/mol. The predicted octanol–water partition coefficient (Wildman–Crippen LogP) is 5.28. The number of imide groups is 1. The molecule has 1 saturated heterocycles. The van der Waals surface area contributed by atoms with Crippen molar-refractivity contribution in [1.82, 2.24) is 4.90 Å². The Bertz CT molecular complexity index is 1280. The van der Waals surface area contributed by atoms with Crippen molar-refractivity contribution in [2.24, 2.45) is 23.7 Å². The van der Waals surface area contributed by atoms with Crippen molar-refractivity contribution in [3.05, 3.63) is 72.8 Å². The summed E-state index contributed by atoms with van der Waals surface area (Å²) in [6.45, 7) is -0.258. The molecule has 1 heterocycles. The lowest BCUT2D eigenvalue weighted by molar-refractivity contribution is -0.143. The van der Waals surface area contributed by atoms with Gasteiger partial charge in [-0.2, -0.15) is 0 Å². The van der Waals surface area contributed by atoms with Crippen LogP contribution in [0, 0.1) is 23.7 Å². The molecule has 5 nitrogen and oxygen atoms in total. The number of amides is 3. The highest BCUT2D eigenvalue weighted by Crippen LogP contribution is 2.60. The Labute approximate surface area is 214 Å². The third-order valence-corrected chi connectivity index (χ3v) is 10.8. The number of rotatable bonds is 4. The SMILES string of the molecule is O=C1[C@@H]2[C@H]3C[C@@H]([C@H](Br)[C@@H]3Br)[C@@H]2C(=O)N1CC(=O)N(c1ccccc1)c1ccc2ccccc2c1. The molecule has 3 amide bonds. The van der Waals surface area contributed by atoms with Gasteiger partial charge in [0.2, 0.25) is 11.8 Å². The summed E-state index contributed by atoms with van der Waals surface area (Å²) in [7, 11) is 0. The Morgan fingerprint density at radius 3 is 2.03 bits per heavy atom. The Balaban J connectivity index is 1.33. The first kappa shape index (κ1) is 22.0. The Morgan fingerprint density at radius 1 is 0.794 bits per heavy atom. The summed E-state index contributed by atoms with van der Waals surface area (Å²) in [5.74, 6) is -1.11. The van der Waals surface area contributed by atoms with Gasteiger partial charge in [-0.1, -0.05) is 80.4 Å². The monoisotopic (exact) mass is 580 g/mol. The summed E-state index contributed by atoms with van der Waals surface area (Å²) < 4.78 is 0. The van der Waals surface area contributed by atoms with Crippen molar-refractivity contribution in [2.45, 2.75) is 16.1 Å². The van der Waals surface area contributed by atoms with Crippen LogP contribution >= 0.6 is 31.9 Å². The molecule has 34 heavy (non-hydrogen) atoms. The van der Waals surface area contributed by atoms with E-state index < -0.39 is 0 Å². The highest BCUT2D eigenvalue weighted by Gasteiger charge is 2.66. The van der Waals surface area contributed by atoms with E-state index in [1.54, 1.807) is 4.90 Å². The molecule has 2 aliphatic carbocycles. The molecular weight excluding hydrogens is 560 g/mol. The summed E-state index contributed by atoms with van der Waals surface area (Å²) >= 11 is 7.43. The van der Waals surface area contributed by atoms with Crippen LogP contribution in [0.4, 0.5) is 11.4 Å². The minimum absolute atomic E-state index is 0.127. The third kappa shape index (κ3) is 3.28. The van der Waals surface area contributed by atoms with E-state index in [4.69, 9.17) is 0 Å². The summed E-state index contributed by atoms with van der Waals surface area (Å²) in [5, 5.41) is 2.09. The molecule has 1 aliphatic heterocycles. The zero-order valence-corrected chi connectivity index (χ0v) is 21.4. The van der Waals surface area contributed by atoms with Crippen molar-refractivity contribution in [1.29, 1.82) is 0 Å². The number of alkyl halides is 2. The number of hydrogen-bond donors (Lipinski definition) is 0. The van der Waals surface area contributed by atoms with Crippen molar-refractivity contribution in [3.8, 4) is 0 Å². The normalized spacial score (nSPS) is 29.6. The molecule has 2 saturated carbocycles. The van der Waals surface area contributed by atoms with Crippen LogP contribution in [0.25, 0.3) is 10.8 Å². The van der Waals surface area contributed by atoms with Crippen LogP contribution in [-0.4, -0.2) is 38.8 Å². The molecule has 0 spiro atoms. The molecule has 0 radical (unpaired) electrons. The second-order valence-corrected chi connectivity index (χ2v) is 11.5. The van der Waals surface area contributed by atoms with Crippen LogP contribution < -0.4 is 4.90 Å². The fourth-order valence-electron chi connectivity index (χ4n) is 6.10. The van der Waals surface area contributed by atoms with Crippen LogP contribution in [0.3, 0.4) is 0 Å². The zero-order chi connectivity index (χ0) is 23.6. The lowest BCUT2D eigenvalue weighted by Gasteiger charge is -2.28. The average Bonchev–Trinajstić information content (AvgIpc) is 3.46. The van der Waals surface area contributed by atoms with Crippen molar-refractivity contribution < 1.29 is 14.4 Å². The molecule has 6 rings (SSSR count). The van der Waals surface area contributed by atoms with Gasteiger partial charge < -0.3 is 0 Å². The van der Waals surface area contributed by atoms with Crippen LogP contribution in [-0.2, 0) is 14.4 Å². The van der Waals surface area contributed by atoms with Gasteiger partial charge in [-0.05, 0) is 53.3 Å². The van der Waals surface area contributed by atoms with E-state index >= 15 is 0 Å². The number of likely N-dealkylation sites (tertiary alicyclic amines) is 1. The number of halogens is 2. The molecule has 3 aromatic rings. The number of anilines is 2. The number of para-hydroxylation sites is 1. The third-order valence-electron chi connectivity index (χ3n) is 7.63. The summed E-state index contributed by atoms with van der Waals surface area (Å²) in [6.07, 6.45) is 0.869. The Morgan fingerprint density at radius 2 is 1.38 bits per heavy atom. The molecule has 3 aromatic carbocycles. The quantitative estimate of drug-likeness (QED) is 0.311. The maximum atomic E-state index is 13.7. The number of hydrogen-bond acceptors (Lipinski definition) is 3. The van der Waals surface area contributed by atoms with Gasteiger partial charge in [0.05, 0.1) is 11.8 Å². The van der Waals surface area contributed by atoms with Crippen molar-refractivity contribution in [2.75, 3.05) is 11.4 Å². The highest BCUT2D eigenvalue weighted by atomic mass is 79.9. The van der Waals surface area contributed by atoms with E-state index in [-0.39, 0.29) is 57.6 Å². The largest absolute Gasteiger partial charge is 0.280 e. The van der Waals surface area contributed by atoms with E-state index in [9.17, 15) is 14.4 Å². The van der Waals surface area contributed by atoms with Crippen LogP contribution in [0.5, 0.6) is 0 Å². The molecule has 2 bridgehead atoms. The van der Waals surface area contributed by atoms with Gasteiger partial charge >= 0.3 is 0 Å². The van der Waals surface area contributed by atoms with Gasteiger partial charge in [0.15, 0.2) is 0 Å². The topological polar surface area (TPSA) is 57.7 Å². The molecule has 7 heteroatoms. The van der Waals surface area contributed by atoms with E-state index in [0.717, 1.165) is 17.2 Å². The maximum Gasteiger partial charge on any atom is 0.251 e. The minimum Gasteiger partial charge on any atom is -0.280 e. The van der Waals surface area contributed by atoms with Gasteiger partial charge in [0, 0.05) is 21.0 Å². The number of fused-ring (bicyclic) bond motifs is 6. The number of benzene rings is 3. The van der Waals surface area contributed by atoms with Gasteiger partial charge in [-0.25, -0.2) is 0 Å². The standard InChI is InChI=1S/C27H22Br2N2O3/c28-24-19-13-20(25(24)29)23-22(19)26(33)30(27(23)34)14-21(32)31(17-8-2-1-3-9-17)18-11-10-15-6-4-5-7-16(15)12-18/h1-12,19-20,22-25H,13-14H2/t19-,20-,22-,23+,24-,25+/m1/s1. The number of carbonyl (C=O) groups is 3. The molecule has 0 unspecified atom stereocenters. The van der Waals surface area contributed by atoms with E-state index in [1.807, 2.05) is 72.8 Å². The minimum atomic E-state index is -0.325. The van der Waals surface area contributed by atoms with Gasteiger partial charge in [0.1, 0.15) is 6.54 Å². The first-order valence-corrected chi connectivity index (χ1v) is 13.3. The van der Waals surface area contributed by atoms with Crippen LogP contribution in [0.2, 0.25) is 0 Å². The number of carbonyl (C=O) groups excluding carboxylic acids is 3. The second-order valence-electron chi connectivity index (χ2n) is 9.36. The van der Waals surface area contributed by atoms with Crippen LogP contribution in [0.1, 0.15) is 6.42 Å². The lowest BCUT2D eigenvalue weighted by atomic mass is 9.81. The average molecular weight is 582 g/mol. The fourth-order valence-corrected chi connectivity index (χ4v) is 7.98. The van der Waals surface area contributed by atoms with E-state index in [2.05, 4.69) is 31.9 Å². The van der Waals surface area contributed by atoms with Gasteiger partial charge in [-0.3, -0.25) is 24.2 Å². The van der Waals surface area contributed by atoms with E-state index in [0.29, 0.717) is 11.4 Å². The summed E-state index contributed by atoms with van der Waals surface area (Å²) in [6, 6.07) is 23.2. The van der Waals surface area contributed by atoms with Crippen LogP contribution in [0.15, 0.2) is 72.8 Å². The maximum absolute atomic E-state index is 13.7. The first-order chi connectivity index (χ1) is 16.5. The summed E-state index contributed by atoms with van der Waals surface area (Å²) in [5.41, 5.74) is 1.40. The molecule has 3 fully saturated rings. The second kappa shape index (κ2) is 8.31. The fraction of sp³-hybridized carbons (Fsp3) is 0.296. The molecule has 0 N–H and O–H groups in total. The Hall–Kier alpha value is -2.51. The molecule has 0 aromatic heterocycles. The number of nitrogens with zero attached hydrogens (tertiary/aromatic N) is 2. The van der Waals surface area contributed by atoms with E-state index in [1.165, 1.54) is 4.90 Å². The molecule has 6 atom stereocenters. The van der Waals surface area contributed by atoms with Crippen molar-refractivity contribution >= 4 is 71.7 Å². The van der Waals surface area contributed by atoms with Gasteiger partial charge in [0.25, 0.3) is 5.91 Å².